The van der Waals surface area contributed by atoms with E-state index in [1.807, 2.05) is 31.2 Å². The van der Waals surface area contributed by atoms with Crippen LogP contribution in [0.2, 0.25) is 0 Å². The van der Waals surface area contributed by atoms with Crippen LogP contribution in [0.3, 0.4) is 0 Å². The number of hydrogen-bond donors (Lipinski definition) is 2. The van der Waals surface area contributed by atoms with Crippen LogP contribution in [0.1, 0.15) is 11.4 Å². The quantitative estimate of drug-likeness (QED) is 0.676. The van der Waals surface area contributed by atoms with Gasteiger partial charge < -0.3 is 5.32 Å². The summed E-state index contributed by atoms with van der Waals surface area (Å²) in [5.74, 6) is 1.63. The zero-order chi connectivity index (χ0) is 10.7. The average Bonchev–Trinajstić information content (AvgIpc) is 2.64. The molecule has 0 unspecified atom stereocenters. The number of aromatic nitrogens is 3. The van der Waals surface area contributed by atoms with Crippen LogP contribution in [-0.4, -0.2) is 15.2 Å². The molecule has 4 nitrogen and oxygen atoms in total. The molecule has 0 bridgehead atoms. The number of rotatable bonds is 3. The van der Waals surface area contributed by atoms with Crippen molar-refractivity contribution in [2.75, 3.05) is 5.32 Å². The first-order valence-corrected chi connectivity index (χ1v) is 6.11. The Hall–Kier alpha value is -1.11. The molecule has 0 aliphatic carbocycles. The van der Waals surface area contributed by atoms with Crippen molar-refractivity contribution in [1.29, 1.82) is 0 Å². The van der Waals surface area contributed by atoms with E-state index in [4.69, 9.17) is 0 Å². The highest BCUT2D eigenvalue weighted by atomic mass is 127. The summed E-state index contributed by atoms with van der Waals surface area (Å²) in [4.78, 5) is 4.42. The second-order valence-corrected chi connectivity index (χ2v) is 3.97. The highest BCUT2D eigenvalue weighted by Crippen LogP contribution is 2.13. The van der Waals surface area contributed by atoms with Crippen molar-refractivity contribution in [3.63, 3.8) is 0 Å². The van der Waals surface area contributed by atoms with Crippen molar-refractivity contribution in [3.05, 3.63) is 35.7 Å². The topological polar surface area (TPSA) is 53.6 Å². The molecule has 0 aliphatic heterocycles. The van der Waals surface area contributed by atoms with Gasteiger partial charge in [0.25, 0.3) is 0 Å². The maximum atomic E-state index is 4.42. The molecule has 0 fully saturated rings. The first-order valence-electron chi connectivity index (χ1n) is 4.59. The molecule has 0 aliphatic rings. The van der Waals surface area contributed by atoms with Crippen molar-refractivity contribution >= 4 is 34.2 Å². The smallest absolute Gasteiger partial charge is 0.153 e. The van der Waals surface area contributed by atoms with E-state index in [-0.39, 0.29) is 0 Å². The zero-order valence-corrected chi connectivity index (χ0v) is 10.4. The molecule has 2 heterocycles. The lowest BCUT2D eigenvalue weighted by molar-refractivity contribution is 1.05. The van der Waals surface area contributed by atoms with Gasteiger partial charge in [0.2, 0.25) is 0 Å². The Morgan fingerprint density at radius 1 is 1.40 bits per heavy atom. The van der Waals surface area contributed by atoms with Gasteiger partial charge in [-0.1, -0.05) is 28.7 Å². The molecule has 0 saturated carbocycles. The summed E-state index contributed by atoms with van der Waals surface area (Å²) in [5, 5.41) is 10.1. The Balaban J connectivity index is 2.16. The normalized spacial score (nSPS) is 10.3. The van der Waals surface area contributed by atoms with E-state index in [0.29, 0.717) is 0 Å². The third kappa shape index (κ3) is 2.68. The summed E-state index contributed by atoms with van der Waals surface area (Å²) in [7, 11) is 0. The fourth-order valence-electron chi connectivity index (χ4n) is 1.24. The minimum Gasteiger partial charge on any atom is -0.323 e. The molecule has 78 valence electrons. The van der Waals surface area contributed by atoms with Crippen molar-refractivity contribution < 1.29 is 0 Å². The van der Waals surface area contributed by atoms with Crippen LogP contribution in [0.4, 0.5) is 11.6 Å². The van der Waals surface area contributed by atoms with Gasteiger partial charge in [-0.2, -0.15) is 5.10 Å². The summed E-state index contributed by atoms with van der Waals surface area (Å²) in [6.07, 6.45) is 0. The van der Waals surface area contributed by atoms with Gasteiger partial charge in [-0.25, -0.2) is 4.98 Å². The van der Waals surface area contributed by atoms with Gasteiger partial charge in [0.05, 0.1) is 5.69 Å². The Morgan fingerprint density at radius 2 is 2.27 bits per heavy atom. The van der Waals surface area contributed by atoms with E-state index in [1.54, 1.807) is 0 Å². The zero-order valence-electron chi connectivity index (χ0n) is 8.29. The summed E-state index contributed by atoms with van der Waals surface area (Å²) in [6, 6.07) is 7.87. The fraction of sp³-hybridized carbons (Fsp3) is 0.200. The maximum absolute atomic E-state index is 4.42. The lowest BCUT2D eigenvalue weighted by Gasteiger charge is -2.02. The molecule has 0 aromatic carbocycles. The molecule has 5 heteroatoms. The number of nitrogens with one attached hydrogen (secondary N) is 2. The van der Waals surface area contributed by atoms with Gasteiger partial charge in [-0.3, -0.25) is 5.10 Å². The number of pyridine rings is 1. The maximum Gasteiger partial charge on any atom is 0.153 e. The molecule has 0 radical (unpaired) electrons. The molecular formula is C10H11IN4. The van der Waals surface area contributed by atoms with E-state index in [2.05, 4.69) is 43.1 Å². The molecule has 0 spiro atoms. The number of anilines is 2. The standard InChI is InChI=1S/C10H11IN4/c1-7-5-10(15-14-7)13-9-4-2-3-8(6-11)12-9/h2-5H,6H2,1H3,(H2,12,13,14,15). The van der Waals surface area contributed by atoms with Crippen LogP contribution in [0.15, 0.2) is 24.3 Å². The number of H-pyrrole nitrogens is 1. The number of nitrogens with zero attached hydrogens (tertiary/aromatic N) is 2. The van der Waals surface area contributed by atoms with Crippen LogP contribution < -0.4 is 5.32 Å². The Bertz CT molecular complexity index is 452. The van der Waals surface area contributed by atoms with Crippen LogP contribution in [0.5, 0.6) is 0 Å². The third-order valence-corrected chi connectivity index (χ3v) is 2.69. The summed E-state index contributed by atoms with van der Waals surface area (Å²) in [6.45, 7) is 1.97. The van der Waals surface area contributed by atoms with Crippen molar-refractivity contribution in [2.24, 2.45) is 0 Å². The van der Waals surface area contributed by atoms with Gasteiger partial charge in [0, 0.05) is 16.2 Å². The molecule has 0 amide bonds. The van der Waals surface area contributed by atoms with Crippen molar-refractivity contribution in [3.8, 4) is 0 Å². The monoisotopic (exact) mass is 314 g/mol. The van der Waals surface area contributed by atoms with E-state index in [0.717, 1.165) is 27.5 Å². The lowest BCUT2D eigenvalue weighted by atomic mass is 10.3. The Morgan fingerprint density at radius 3 is 2.93 bits per heavy atom. The molecule has 0 saturated heterocycles. The molecular weight excluding hydrogens is 303 g/mol. The van der Waals surface area contributed by atoms with E-state index >= 15 is 0 Å². The molecule has 2 aromatic heterocycles. The molecule has 2 rings (SSSR count). The second kappa shape index (κ2) is 4.61. The summed E-state index contributed by atoms with van der Waals surface area (Å²) >= 11 is 2.29. The predicted octanol–water partition coefficient (Wildman–Crippen LogP) is 2.79. The average molecular weight is 314 g/mol. The minimum absolute atomic E-state index is 0.797. The molecule has 2 N–H and O–H groups in total. The third-order valence-electron chi connectivity index (χ3n) is 1.91. The first-order chi connectivity index (χ1) is 7.28. The van der Waals surface area contributed by atoms with E-state index in [9.17, 15) is 0 Å². The number of hydrogen-bond acceptors (Lipinski definition) is 3. The van der Waals surface area contributed by atoms with Gasteiger partial charge >= 0.3 is 0 Å². The van der Waals surface area contributed by atoms with Crippen molar-refractivity contribution in [1.82, 2.24) is 15.2 Å². The van der Waals surface area contributed by atoms with Crippen molar-refractivity contribution in [2.45, 2.75) is 11.4 Å². The molecule has 15 heavy (non-hydrogen) atoms. The Kier molecular flexibility index (Phi) is 3.20. The summed E-state index contributed by atoms with van der Waals surface area (Å²) in [5.41, 5.74) is 2.09. The van der Waals surface area contributed by atoms with E-state index in [1.165, 1.54) is 0 Å². The summed E-state index contributed by atoms with van der Waals surface area (Å²) < 4.78 is 0.910. The molecule has 0 atom stereocenters. The number of halogens is 1. The first kappa shape index (κ1) is 10.4. The van der Waals surface area contributed by atoms with Crippen LogP contribution in [0.25, 0.3) is 0 Å². The number of alkyl halides is 1. The van der Waals surface area contributed by atoms with Gasteiger partial charge in [0.15, 0.2) is 5.82 Å². The minimum atomic E-state index is 0.797. The number of aromatic amines is 1. The molecule has 2 aromatic rings. The predicted molar refractivity (Wildman–Crippen MR) is 68.6 cm³/mol. The van der Waals surface area contributed by atoms with Gasteiger partial charge in [-0.15, -0.1) is 0 Å². The fourth-order valence-corrected chi connectivity index (χ4v) is 1.66. The highest BCUT2D eigenvalue weighted by Gasteiger charge is 2.00. The van der Waals surface area contributed by atoms with Crippen LogP contribution in [0, 0.1) is 6.92 Å². The van der Waals surface area contributed by atoms with Crippen LogP contribution in [-0.2, 0) is 4.43 Å². The van der Waals surface area contributed by atoms with E-state index < -0.39 is 0 Å². The van der Waals surface area contributed by atoms with Gasteiger partial charge in [0.1, 0.15) is 5.82 Å². The largest absolute Gasteiger partial charge is 0.323 e. The lowest BCUT2D eigenvalue weighted by Crippen LogP contribution is -1.95. The number of aryl methyl sites for hydroxylation is 1. The highest BCUT2D eigenvalue weighted by molar-refractivity contribution is 14.1. The SMILES string of the molecule is Cc1cc(Nc2cccc(CI)n2)n[nH]1. The van der Waals surface area contributed by atoms with Gasteiger partial charge in [-0.05, 0) is 19.1 Å². The second-order valence-electron chi connectivity index (χ2n) is 3.21. The Labute approximate surface area is 102 Å². The van der Waals surface area contributed by atoms with Crippen LogP contribution >= 0.6 is 22.6 Å².